The normalized spacial score (nSPS) is 24.6. The van der Waals surface area contributed by atoms with Crippen molar-refractivity contribution in [1.82, 2.24) is 4.90 Å². The van der Waals surface area contributed by atoms with Gasteiger partial charge in [-0.3, -0.25) is 0 Å². The second-order valence-corrected chi connectivity index (χ2v) is 6.78. The van der Waals surface area contributed by atoms with Crippen LogP contribution in [0.2, 0.25) is 0 Å². The van der Waals surface area contributed by atoms with Gasteiger partial charge >= 0.3 is 6.09 Å². The van der Waals surface area contributed by atoms with Gasteiger partial charge in [-0.05, 0) is 32.6 Å². The smallest absolute Gasteiger partial charge is 0.410 e. The summed E-state index contributed by atoms with van der Waals surface area (Å²) in [4.78, 5) is 13.7. The van der Waals surface area contributed by atoms with Crippen LogP contribution in [0, 0.1) is 11.3 Å². The number of carbonyl (C=O) groups is 1. The van der Waals surface area contributed by atoms with E-state index in [1.807, 2.05) is 20.8 Å². The Morgan fingerprint density at radius 3 is 2.53 bits per heavy atom. The first-order valence-electron chi connectivity index (χ1n) is 6.22. The molecule has 1 saturated heterocycles. The molecule has 4 heteroatoms. The Morgan fingerprint density at radius 1 is 1.47 bits per heavy atom. The molecule has 0 aliphatic carbocycles. The third-order valence-corrected chi connectivity index (χ3v) is 2.85. The Hall–Kier alpha value is -0.770. The van der Waals surface area contributed by atoms with Gasteiger partial charge in [0.2, 0.25) is 0 Å². The minimum Gasteiger partial charge on any atom is -0.444 e. The highest BCUT2D eigenvalue weighted by Gasteiger charge is 2.36. The van der Waals surface area contributed by atoms with Crippen LogP contribution >= 0.6 is 0 Å². The molecule has 1 aliphatic rings. The van der Waals surface area contributed by atoms with Crippen molar-refractivity contribution in [3.8, 4) is 0 Å². The number of aliphatic hydroxyl groups is 1. The molecule has 17 heavy (non-hydrogen) atoms. The molecule has 1 fully saturated rings. The quantitative estimate of drug-likeness (QED) is 0.768. The number of piperidine rings is 1. The molecule has 0 spiro atoms. The highest BCUT2D eigenvalue weighted by atomic mass is 16.6. The third kappa shape index (κ3) is 4.54. The van der Waals surface area contributed by atoms with Crippen LogP contribution in [0.5, 0.6) is 0 Å². The fraction of sp³-hybridized carbons (Fsp3) is 0.923. The van der Waals surface area contributed by atoms with Crippen LogP contribution in [0.3, 0.4) is 0 Å². The number of hydrogen-bond donors (Lipinski definition) is 1. The topological polar surface area (TPSA) is 49.8 Å². The van der Waals surface area contributed by atoms with Crippen molar-refractivity contribution in [3.63, 3.8) is 0 Å². The van der Waals surface area contributed by atoms with Crippen molar-refractivity contribution in [2.24, 2.45) is 11.3 Å². The van der Waals surface area contributed by atoms with Crippen molar-refractivity contribution < 1.29 is 14.6 Å². The van der Waals surface area contributed by atoms with Crippen LogP contribution in [-0.4, -0.2) is 41.4 Å². The first-order valence-corrected chi connectivity index (χ1v) is 6.22. The minimum absolute atomic E-state index is 0.0442. The molecule has 0 radical (unpaired) electrons. The van der Waals surface area contributed by atoms with Crippen LogP contribution in [0.4, 0.5) is 4.79 Å². The predicted octanol–water partition coefficient (Wildman–Crippen LogP) is 2.26. The lowest BCUT2D eigenvalue weighted by molar-refractivity contribution is -0.00749. The highest BCUT2D eigenvalue weighted by Crippen LogP contribution is 2.32. The molecule has 1 heterocycles. The average Bonchev–Trinajstić information content (AvgIpc) is 2.12. The SMILES string of the molecule is CC1(C)C[C@H](CO)CN(C(=O)OC(C)(C)C)C1. The van der Waals surface area contributed by atoms with Gasteiger partial charge in [0.25, 0.3) is 0 Å². The predicted molar refractivity (Wildman–Crippen MR) is 66.8 cm³/mol. The molecule has 0 unspecified atom stereocenters. The molecule has 0 bridgehead atoms. The summed E-state index contributed by atoms with van der Waals surface area (Å²) in [6, 6.07) is 0. The van der Waals surface area contributed by atoms with Crippen molar-refractivity contribution in [1.29, 1.82) is 0 Å². The monoisotopic (exact) mass is 243 g/mol. The lowest BCUT2D eigenvalue weighted by atomic mass is 9.79. The summed E-state index contributed by atoms with van der Waals surface area (Å²) in [7, 11) is 0. The zero-order chi connectivity index (χ0) is 13.3. The van der Waals surface area contributed by atoms with Gasteiger partial charge in [0.15, 0.2) is 0 Å². The Labute approximate surface area is 104 Å². The van der Waals surface area contributed by atoms with E-state index in [0.29, 0.717) is 13.1 Å². The van der Waals surface area contributed by atoms with Gasteiger partial charge in [0.05, 0.1) is 0 Å². The number of amides is 1. The second kappa shape index (κ2) is 4.84. The Morgan fingerprint density at radius 2 is 2.06 bits per heavy atom. The maximum atomic E-state index is 12.0. The van der Waals surface area contributed by atoms with Crippen molar-refractivity contribution in [2.45, 2.75) is 46.6 Å². The maximum Gasteiger partial charge on any atom is 0.410 e. The number of rotatable bonds is 1. The summed E-state index contributed by atoms with van der Waals surface area (Å²) in [5, 5.41) is 9.28. The molecule has 4 nitrogen and oxygen atoms in total. The maximum absolute atomic E-state index is 12.0. The van der Waals surface area contributed by atoms with E-state index in [1.165, 1.54) is 0 Å². The van der Waals surface area contributed by atoms with E-state index < -0.39 is 5.60 Å². The van der Waals surface area contributed by atoms with Gasteiger partial charge < -0.3 is 14.7 Å². The van der Waals surface area contributed by atoms with Crippen molar-refractivity contribution in [2.75, 3.05) is 19.7 Å². The number of aliphatic hydroxyl groups excluding tert-OH is 1. The zero-order valence-corrected chi connectivity index (χ0v) is 11.6. The molecule has 1 aliphatic heterocycles. The molecule has 0 aromatic carbocycles. The van der Waals surface area contributed by atoms with E-state index in [9.17, 15) is 9.90 Å². The standard InChI is InChI=1S/C13H25NO3/c1-12(2,3)17-11(16)14-7-10(8-15)6-13(4,5)9-14/h10,15H,6-9H2,1-5H3/t10-/m0/s1. The Balaban J connectivity index is 2.67. The molecule has 1 atom stereocenters. The molecular formula is C13H25NO3. The molecule has 0 aromatic rings. The van der Waals surface area contributed by atoms with Crippen LogP contribution in [0.1, 0.15) is 41.0 Å². The van der Waals surface area contributed by atoms with Crippen molar-refractivity contribution >= 4 is 6.09 Å². The lowest BCUT2D eigenvalue weighted by Gasteiger charge is -2.42. The summed E-state index contributed by atoms with van der Waals surface area (Å²) < 4.78 is 5.37. The highest BCUT2D eigenvalue weighted by molar-refractivity contribution is 5.68. The zero-order valence-electron chi connectivity index (χ0n) is 11.6. The fourth-order valence-electron chi connectivity index (χ4n) is 2.39. The van der Waals surface area contributed by atoms with Crippen molar-refractivity contribution in [3.05, 3.63) is 0 Å². The van der Waals surface area contributed by atoms with Crippen LogP contribution < -0.4 is 0 Å². The molecule has 1 amide bonds. The van der Waals surface area contributed by atoms with E-state index in [-0.39, 0.29) is 24.0 Å². The molecule has 0 aromatic heterocycles. The van der Waals surface area contributed by atoms with Gasteiger partial charge in [0.1, 0.15) is 5.60 Å². The number of likely N-dealkylation sites (tertiary alicyclic amines) is 1. The van der Waals surface area contributed by atoms with Crippen LogP contribution in [0.25, 0.3) is 0 Å². The molecule has 1 rings (SSSR count). The summed E-state index contributed by atoms with van der Waals surface area (Å²) >= 11 is 0. The lowest BCUT2D eigenvalue weighted by Crippen LogP contribution is -2.49. The summed E-state index contributed by atoms with van der Waals surface area (Å²) in [5.41, 5.74) is -0.421. The van der Waals surface area contributed by atoms with Gasteiger partial charge in [-0.2, -0.15) is 0 Å². The van der Waals surface area contributed by atoms with Gasteiger partial charge in [-0.1, -0.05) is 13.8 Å². The molecular weight excluding hydrogens is 218 g/mol. The number of nitrogens with zero attached hydrogens (tertiary/aromatic N) is 1. The first-order chi connectivity index (χ1) is 7.63. The number of ether oxygens (including phenoxy) is 1. The summed E-state index contributed by atoms with van der Waals surface area (Å²) in [6.45, 7) is 11.2. The molecule has 1 N–H and O–H groups in total. The van der Waals surface area contributed by atoms with E-state index in [4.69, 9.17) is 4.74 Å². The summed E-state index contributed by atoms with van der Waals surface area (Å²) in [6.07, 6.45) is 0.673. The molecule has 0 saturated carbocycles. The fourth-order valence-corrected chi connectivity index (χ4v) is 2.39. The van der Waals surface area contributed by atoms with Gasteiger partial charge in [-0.15, -0.1) is 0 Å². The molecule has 100 valence electrons. The second-order valence-electron chi connectivity index (χ2n) is 6.78. The van der Waals surface area contributed by atoms with E-state index >= 15 is 0 Å². The Bertz CT molecular complexity index is 281. The van der Waals surface area contributed by atoms with Crippen LogP contribution in [-0.2, 0) is 4.74 Å². The Kier molecular flexibility index (Phi) is 4.07. The average molecular weight is 243 g/mol. The van der Waals surface area contributed by atoms with E-state index in [1.54, 1.807) is 4.90 Å². The number of carbonyl (C=O) groups excluding carboxylic acids is 1. The van der Waals surface area contributed by atoms with Gasteiger partial charge in [-0.25, -0.2) is 4.79 Å². The van der Waals surface area contributed by atoms with Gasteiger partial charge in [0, 0.05) is 25.6 Å². The largest absolute Gasteiger partial charge is 0.444 e. The van der Waals surface area contributed by atoms with E-state index in [0.717, 1.165) is 6.42 Å². The third-order valence-electron chi connectivity index (χ3n) is 2.85. The summed E-state index contributed by atoms with van der Waals surface area (Å²) in [5.74, 6) is 0.159. The van der Waals surface area contributed by atoms with E-state index in [2.05, 4.69) is 13.8 Å². The van der Waals surface area contributed by atoms with Crippen LogP contribution in [0.15, 0.2) is 0 Å². The number of hydrogen-bond acceptors (Lipinski definition) is 3. The first kappa shape index (κ1) is 14.3. The minimum atomic E-state index is -0.465.